The van der Waals surface area contributed by atoms with Gasteiger partial charge in [-0.15, -0.1) is 0 Å². The molecule has 4 nitrogen and oxygen atoms in total. The quantitative estimate of drug-likeness (QED) is 0.371. The molecule has 0 saturated carbocycles. The van der Waals surface area contributed by atoms with Crippen LogP contribution in [0.3, 0.4) is 0 Å². The fraction of sp³-hybridized carbons (Fsp3) is 1.00. The second kappa shape index (κ2) is 9.67. The lowest BCUT2D eigenvalue weighted by atomic mass is 10.4. The van der Waals surface area contributed by atoms with Crippen molar-refractivity contribution >= 4 is 33.8 Å². The molecule has 1 aliphatic heterocycles. The van der Waals surface area contributed by atoms with Crippen molar-refractivity contribution in [1.29, 1.82) is 0 Å². The first-order chi connectivity index (χ1) is 11.0. The van der Waals surface area contributed by atoms with Crippen LogP contribution in [0.15, 0.2) is 0 Å². The number of likely N-dealkylation sites (tertiary alicyclic amines) is 1. The molecule has 1 fully saturated rings. The van der Waals surface area contributed by atoms with Gasteiger partial charge in [-0.2, -0.15) is 0 Å². The lowest BCUT2D eigenvalue weighted by molar-refractivity contribution is -0.897. The minimum absolute atomic E-state index is 0. The third kappa shape index (κ3) is 11.1. The van der Waals surface area contributed by atoms with E-state index >= 15 is 0 Å². The molecule has 0 N–H and O–H groups in total. The van der Waals surface area contributed by atoms with Gasteiger partial charge in [0.15, 0.2) is 25.0 Å². The third-order valence-corrected chi connectivity index (χ3v) is 16.3. The Hall–Kier alpha value is 0.998. The molecule has 9 heteroatoms. The summed E-state index contributed by atoms with van der Waals surface area (Å²) in [7, 11) is -5.44. The van der Waals surface area contributed by atoms with Crippen molar-refractivity contribution in [2.24, 2.45) is 0 Å². The van der Waals surface area contributed by atoms with Crippen LogP contribution in [0.25, 0.3) is 0 Å². The van der Waals surface area contributed by atoms with Crippen LogP contribution in [-0.4, -0.2) is 64.9 Å². The first-order valence-corrected chi connectivity index (χ1v) is 22.1. The standard InChI is InChI=1S/C17H44NO3Si4.ClH/c1-18(14-11-12-15-18)16-13-17-25(19-22(2,3)4,20-23(5,6)7)21-24(8,9)10;/h11-17H2,1-10H3;1H/q+1;/p-1. The van der Waals surface area contributed by atoms with Gasteiger partial charge in [-0.3, -0.25) is 0 Å². The van der Waals surface area contributed by atoms with Crippen LogP contribution in [0.2, 0.25) is 65.0 Å². The molecule has 0 aromatic carbocycles. The van der Waals surface area contributed by atoms with E-state index in [1.165, 1.54) is 37.0 Å². The monoisotopic (exact) mass is 457 g/mol. The molecule has 0 unspecified atom stereocenters. The Balaban J connectivity index is 0.00000625. The Kier molecular flexibility index (Phi) is 10.0. The molecule has 0 aromatic heterocycles. The van der Waals surface area contributed by atoms with E-state index in [1.54, 1.807) is 0 Å². The molecule has 0 atom stereocenters. The van der Waals surface area contributed by atoms with Crippen molar-refractivity contribution in [1.82, 2.24) is 0 Å². The number of quaternary nitrogens is 1. The summed E-state index contributed by atoms with van der Waals surface area (Å²) >= 11 is 0. The van der Waals surface area contributed by atoms with Crippen LogP contribution in [0.1, 0.15) is 19.3 Å². The Labute approximate surface area is 173 Å². The highest BCUT2D eigenvalue weighted by atomic mass is 35.5. The Bertz CT molecular complexity index is 386. The lowest BCUT2D eigenvalue weighted by Crippen LogP contribution is -3.00. The van der Waals surface area contributed by atoms with Gasteiger partial charge in [-0.25, -0.2) is 0 Å². The van der Waals surface area contributed by atoms with E-state index in [2.05, 4.69) is 66.0 Å². The van der Waals surface area contributed by atoms with E-state index in [-0.39, 0.29) is 12.4 Å². The molecule has 0 aromatic rings. The van der Waals surface area contributed by atoms with Gasteiger partial charge in [0, 0.05) is 25.3 Å². The van der Waals surface area contributed by atoms with Crippen LogP contribution in [0.5, 0.6) is 0 Å². The number of hydrogen-bond acceptors (Lipinski definition) is 3. The van der Waals surface area contributed by atoms with E-state index in [0.717, 1.165) is 12.5 Å². The molecule has 0 radical (unpaired) electrons. The molecule has 0 bridgehead atoms. The van der Waals surface area contributed by atoms with Gasteiger partial charge in [0.25, 0.3) is 0 Å². The molecule has 1 heterocycles. The third-order valence-electron chi connectivity index (χ3n) is 4.21. The van der Waals surface area contributed by atoms with Gasteiger partial charge in [0.05, 0.1) is 26.7 Å². The summed E-state index contributed by atoms with van der Waals surface area (Å²) in [5.41, 5.74) is 0. The molecule has 1 rings (SSSR count). The number of nitrogens with zero attached hydrogens (tertiary/aromatic N) is 1. The van der Waals surface area contributed by atoms with Gasteiger partial charge in [0.2, 0.25) is 0 Å². The van der Waals surface area contributed by atoms with Gasteiger partial charge in [-0.1, -0.05) is 0 Å². The topological polar surface area (TPSA) is 27.7 Å². The van der Waals surface area contributed by atoms with E-state index in [0.29, 0.717) is 0 Å². The smallest absolute Gasteiger partial charge is 0.469 e. The molecular weight excluding hydrogens is 414 g/mol. The fourth-order valence-corrected chi connectivity index (χ4v) is 18.3. The Morgan fingerprint density at radius 3 is 1.35 bits per heavy atom. The summed E-state index contributed by atoms with van der Waals surface area (Å²) in [6.07, 6.45) is 3.91. The molecule has 0 aliphatic carbocycles. The van der Waals surface area contributed by atoms with E-state index in [4.69, 9.17) is 12.3 Å². The zero-order chi connectivity index (χ0) is 19.6. The van der Waals surface area contributed by atoms with E-state index in [9.17, 15) is 0 Å². The summed E-state index contributed by atoms with van der Waals surface area (Å²) in [5, 5.41) is 0. The zero-order valence-electron chi connectivity index (χ0n) is 19.0. The number of halogens is 1. The molecule has 1 aliphatic rings. The average molecular weight is 458 g/mol. The summed E-state index contributed by atoms with van der Waals surface area (Å²) in [6, 6.07) is 0.986. The van der Waals surface area contributed by atoms with Crippen molar-refractivity contribution in [2.45, 2.75) is 84.2 Å². The first kappa shape index (κ1) is 27.0. The first-order valence-electron chi connectivity index (χ1n) is 9.97. The molecule has 0 amide bonds. The van der Waals surface area contributed by atoms with Gasteiger partial charge < -0.3 is 29.2 Å². The minimum Gasteiger partial charge on any atom is -1.00 e. The maximum atomic E-state index is 6.77. The second-order valence-electron chi connectivity index (χ2n) is 10.9. The predicted molar refractivity (Wildman–Crippen MR) is 118 cm³/mol. The number of rotatable bonds is 10. The highest BCUT2D eigenvalue weighted by Crippen LogP contribution is 2.30. The fourth-order valence-electron chi connectivity index (χ4n) is 3.61. The van der Waals surface area contributed by atoms with Crippen molar-refractivity contribution in [3.05, 3.63) is 0 Å². The van der Waals surface area contributed by atoms with E-state index in [1.807, 2.05) is 0 Å². The lowest BCUT2D eigenvalue weighted by Gasteiger charge is -2.43. The Morgan fingerprint density at radius 2 is 1.04 bits per heavy atom. The highest BCUT2D eigenvalue weighted by Gasteiger charge is 2.50. The van der Waals surface area contributed by atoms with Crippen molar-refractivity contribution in [2.75, 3.05) is 26.7 Å². The predicted octanol–water partition coefficient (Wildman–Crippen LogP) is 2.11. The van der Waals surface area contributed by atoms with Crippen molar-refractivity contribution < 1.29 is 29.2 Å². The second-order valence-corrected chi connectivity index (χ2v) is 27.9. The molecule has 1 saturated heterocycles. The normalized spacial score (nSPS) is 18.7. The average Bonchev–Trinajstić information content (AvgIpc) is 2.68. The van der Waals surface area contributed by atoms with Gasteiger partial charge in [0.1, 0.15) is 0 Å². The van der Waals surface area contributed by atoms with Crippen LogP contribution in [0.4, 0.5) is 0 Å². The van der Waals surface area contributed by atoms with Crippen LogP contribution < -0.4 is 12.4 Å². The van der Waals surface area contributed by atoms with E-state index < -0.39 is 33.8 Å². The maximum Gasteiger partial charge on any atom is 0.469 e. The largest absolute Gasteiger partial charge is 1.00 e. The van der Waals surface area contributed by atoms with Gasteiger partial charge in [-0.05, 0) is 58.9 Å². The van der Waals surface area contributed by atoms with Crippen molar-refractivity contribution in [3.63, 3.8) is 0 Å². The van der Waals surface area contributed by atoms with Crippen LogP contribution >= 0.6 is 0 Å². The molecule has 0 spiro atoms. The zero-order valence-corrected chi connectivity index (χ0v) is 23.8. The molecule has 158 valence electrons. The van der Waals surface area contributed by atoms with Gasteiger partial charge >= 0.3 is 8.80 Å². The highest BCUT2D eigenvalue weighted by molar-refractivity contribution is 6.90. The summed E-state index contributed by atoms with van der Waals surface area (Å²) < 4.78 is 21.5. The van der Waals surface area contributed by atoms with Crippen LogP contribution in [-0.2, 0) is 12.3 Å². The minimum atomic E-state index is -2.63. The van der Waals surface area contributed by atoms with Crippen molar-refractivity contribution in [3.8, 4) is 0 Å². The summed E-state index contributed by atoms with van der Waals surface area (Å²) in [5.74, 6) is 0. The summed E-state index contributed by atoms with van der Waals surface area (Å²) in [4.78, 5) is 0. The summed E-state index contributed by atoms with van der Waals surface area (Å²) in [6.45, 7) is 24.3. The number of hydrogen-bond donors (Lipinski definition) is 0. The van der Waals surface area contributed by atoms with Crippen LogP contribution in [0, 0.1) is 0 Å². The maximum absolute atomic E-state index is 6.77. The Morgan fingerprint density at radius 1 is 0.692 bits per heavy atom. The molecular formula is C17H44ClNO3Si4. The SMILES string of the molecule is C[N+]1(CCC[Si](O[Si](C)(C)C)(O[Si](C)(C)C)O[Si](C)(C)C)CCCC1.[Cl-]. The molecule has 26 heavy (non-hydrogen) atoms.